The van der Waals surface area contributed by atoms with Gasteiger partial charge in [0.25, 0.3) is 11.7 Å². The number of nitrogens with zero attached hydrogens (tertiary/aromatic N) is 1. The van der Waals surface area contributed by atoms with Crippen LogP contribution in [0.3, 0.4) is 0 Å². The maximum Gasteiger partial charge on any atom is 0.296 e. The maximum atomic E-state index is 13.5. The minimum atomic E-state index is -0.895. The zero-order valence-electron chi connectivity index (χ0n) is 23.6. The van der Waals surface area contributed by atoms with Crippen molar-refractivity contribution in [1.29, 1.82) is 0 Å². The van der Waals surface area contributed by atoms with Gasteiger partial charge in [0.1, 0.15) is 23.9 Å². The summed E-state index contributed by atoms with van der Waals surface area (Å²) in [6.45, 7) is 5.21. The highest BCUT2D eigenvalue weighted by Crippen LogP contribution is 2.43. The first-order valence-electron chi connectivity index (χ1n) is 14.0. The van der Waals surface area contributed by atoms with E-state index in [-0.39, 0.29) is 17.9 Å². The molecule has 1 saturated heterocycles. The van der Waals surface area contributed by atoms with Crippen LogP contribution in [0.15, 0.2) is 101 Å². The fourth-order valence-corrected chi connectivity index (χ4v) is 4.86. The number of amides is 1. The van der Waals surface area contributed by atoms with Crippen LogP contribution in [0.2, 0.25) is 0 Å². The molecule has 1 aliphatic rings. The third-order valence-electron chi connectivity index (χ3n) is 6.87. The Labute approximate surface area is 244 Å². The highest BCUT2D eigenvalue weighted by molar-refractivity contribution is 6.46. The topological polar surface area (TPSA) is 98.4 Å². The van der Waals surface area contributed by atoms with Crippen LogP contribution < -0.4 is 14.2 Å². The number of furan rings is 1. The van der Waals surface area contributed by atoms with Crippen molar-refractivity contribution in [2.45, 2.75) is 39.5 Å². The normalized spacial score (nSPS) is 16.0. The number of rotatable bonds is 12. The molecule has 1 atom stereocenters. The average molecular weight is 568 g/mol. The molecule has 1 amide bonds. The number of carbonyl (C=O) groups excluding carboxylic acids is 2. The van der Waals surface area contributed by atoms with Crippen LogP contribution in [0.25, 0.3) is 5.76 Å². The zero-order chi connectivity index (χ0) is 29.5. The number of benzene rings is 3. The molecule has 8 heteroatoms. The Kier molecular flexibility index (Phi) is 8.92. The fraction of sp³-hybridized carbons (Fsp3) is 0.235. The average Bonchev–Trinajstić information content (AvgIpc) is 3.62. The number of carbonyl (C=O) groups is 2. The molecule has 0 saturated carbocycles. The van der Waals surface area contributed by atoms with Gasteiger partial charge in [0, 0.05) is 5.56 Å². The van der Waals surface area contributed by atoms with Gasteiger partial charge in [0.2, 0.25) is 0 Å². The van der Waals surface area contributed by atoms with Gasteiger partial charge in [-0.1, -0.05) is 43.3 Å². The van der Waals surface area contributed by atoms with Crippen molar-refractivity contribution >= 4 is 17.4 Å². The molecule has 5 rings (SSSR count). The Morgan fingerprint density at radius 3 is 2.36 bits per heavy atom. The number of ketones is 1. The van der Waals surface area contributed by atoms with Crippen LogP contribution in [-0.2, 0) is 22.7 Å². The minimum Gasteiger partial charge on any atom is -0.507 e. The van der Waals surface area contributed by atoms with Crippen molar-refractivity contribution < 1.29 is 33.3 Å². The predicted molar refractivity (Wildman–Crippen MR) is 157 cm³/mol. The van der Waals surface area contributed by atoms with Gasteiger partial charge < -0.3 is 28.6 Å². The lowest BCUT2D eigenvalue weighted by atomic mass is 9.95. The van der Waals surface area contributed by atoms with Crippen LogP contribution in [0, 0.1) is 0 Å². The van der Waals surface area contributed by atoms with Crippen molar-refractivity contribution in [3.63, 3.8) is 0 Å². The summed E-state index contributed by atoms with van der Waals surface area (Å²) in [5, 5.41) is 11.4. The fourth-order valence-electron chi connectivity index (χ4n) is 4.86. The number of hydrogen-bond acceptors (Lipinski definition) is 7. The summed E-state index contributed by atoms with van der Waals surface area (Å²) in [5.41, 5.74) is 1.96. The van der Waals surface area contributed by atoms with Crippen LogP contribution >= 0.6 is 0 Å². The van der Waals surface area contributed by atoms with Crippen LogP contribution in [-0.4, -0.2) is 34.9 Å². The molecule has 8 nitrogen and oxygen atoms in total. The van der Waals surface area contributed by atoms with E-state index >= 15 is 0 Å². The van der Waals surface area contributed by atoms with Crippen molar-refractivity contribution in [1.82, 2.24) is 4.90 Å². The van der Waals surface area contributed by atoms with Gasteiger partial charge in [0.15, 0.2) is 11.5 Å². The second-order valence-corrected chi connectivity index (χ2v) is 9.79. The van der Waals surface area contributed by atoms with E-state index in [1.54, 1.807) is 54.6 Å². The largest absolute Gasteiger partial charge is 0.507 e. The van der Waals surface area contributed by atoms with Crippen molar-refractivity contribution in [2.24, 2.45) is 0 Å². The standard InChI is InChI=1S/C34H33NO7/c1-3-18-40-26-15-12-24(13-16-26)32(36)30-31(35(34(38)33(30)37)21-27-11-8-19-41-27)25-14-17-28(29(20-25)39-4-2)42-22-23-9-6-5-7-10-23/h5-17,19-20,31,36H,3-4,18,21-22H2,1-2H3. The molecule has 0 radical (unpaired) electrons. The molecule has 1 N–H and O–H groups in total. The molecule has 2 heterocycles. The van der Waals surface area contributed by atoms with Crippen molar-refractivity contribution in [2.75, 3.05) is 13.2 Å². The first kappa shape index (κ1) is 28.5. The molecular weight excluding hydrogens is 534 g/mol. The summed E-state index contributed by atoms with van der Waals surface area (Å²) < 4.78 is 23.1. The summed E-state index contributed by atoms with van der Waals surface area (Å²) in [6, 6.07) is 24.4. The zero-order valence-corrected chi connectivity index (χ0v) is 23.6. The Hall–Kier alpha value is -4.98. The summed E-state index contributed by atoms with van der Waals surface area (Å²) in [7, 11) is 0. The van der Waals surface area contributed by atoms with E-state index in [4.69, 9.17) is 18.6 Å². The van der Waals surface area contributed by atoms with E-state index in [9.17, 15) is 14.7 Å². The van der Waals surface area contributed by atoms with E-state index in [1.165, 1.54) is 11.2 Å². The third-order valence-corrected chi connectivity index (χ3v) is 6.87. The van der Waals surface area contributed by atoms with E-state index in [1.807, 2.05) is 44.2 Å². The summed E-state index contributed by atoms with van der Waals surface area (Å²) in [4.78, 5) is 28.3. The lowest BCUT2D eigenvalue weighted by molar-refractivity contribution is -0.140. The molecule has 3 aromatic carbocycles. The maximum absolute atomic E-state index is 13.5. The lowest BCUT2D eigenvalue weighted by Gasteiger charge is -2.25. The molecule has 1 aromatic heterocycles. The first-order valence-corrected chi connectivity index (χ1v) is 14.0. The van der Waals surface area contributed by atoms with Crippen LogP contribution in [0.1, 0.15) is 48.8 Å². The molecule has 0 bridgehead atoms. The number of Topliss-reactive ketones (excluding diaryl/α,β-unsaturated/α-hetero) is 1. The molecular formula is C34H33NO7. The third kappa shape index (κ3) is 6.17. The Balaban J connectivity index is 1.55. The smallest absolute Gasteiger partial charge is 0.296 e. The quantitative estimate of drug-likeness (QED) is 0.116. The number of aliphatic hydroxyl groups is 1. The Bertz CT molecular complexity index is 1540. The molecule has 216 valence electrons. The lowest BCUT2D eigenvalue weighted by Crippen LogP contribution is -2.29. The number of ether oxygens (including phenoxy) is 3. The molecule has 1 aliphatic heterocycles. The van der Waals surface area contributed by atoms with Gasteiger partial charge in [-0.3, -0.25) is 9.59 Å². The summed E-state index contributed by atoms with van der Waals surface area (Å²) in [6.07, 6.45) is 2.37. The number of aliphatic hydroxyl groups excluding tert-OH is 1. The van der Waals surface area contributed by atoms with Crippen molar-refractivity contribution in [3.8, 4) is 17.2 Å². The Morgan fingerprint density at radius 1 is 0.881 bits per heavy atom. The second-order valence-electron chi connectivity index (χ2n) is 9.79. The van der Waals surface area contributed by atoms with Crippen LogP contribution in [0.4, 0.5) is 0 Å². The molecule has 4 aromatic rings. The van der Waals surface area contributed by atoms with Crippen LogP contribution in [0.5, 0.6) is 17.2 Å². The van der Waals surface area contributed by atoms with Gasteiger partial charge in [-0.05, 0) is 73.0 Å². The summed E-state index contributed by atoms with van der Waals surface area (Å²) in [5.74, 6) is 0.357. The van der Waals surface area contributed by atoms with E-state index in [0.717, 1.165) is 12.0 Å². The van der Waals surface area contributed by atoms with E-state index < -0.39 is 17.7 Å². The molecule has 1 unspecified atom stereocenters. The first-order chi connectivity index (χ1) is 20.5. The molecule has 0 spiro atoms. The van der Waals surface area contributed by atoms with E-state index in [2.05, 4.69) is 0 Å². The summed E-state index contributed by atoms with van der Waals surface area (Å²) >= 11 is 0. The highest BCUT2D eigenvalue weighted by Gasteiger charge is 2.46. The monoisotopic (exact) mass is 567 g/mol. The van der Waals surface area contributed by atoms with Gasteiger partial charge >= 0.3 is 0 Å². The van der Waals surface area contributed by atoms with E-state index in [0.29, 0.717) is 54.0 Å². The number of hydrogen-bond donors (Lipinski definition) is 1. The molecule has 42 heavy (non-hydrogen) atoms. The predicted octanol–water partition coefficient (Wildman–Crippen LogP) is 6.67. The van der Waals surface area contributed by atoms with Gasteiger partial charge in [0.05, 0.1) is 37.6 Å². The van der Waals surface area contributed by atoms with Gasteiger partial charge in [-0.2, -0.15) is 0 Å². The van der Waals surface area contributed by atoms with Gasteiger partial charge in [-0.15, -0.1) is 0 Å². The minimum absolute atomic E-state index is 0.0193. The highest BCUT2D eigenvalue weighted by atomic mass is 16.5. The molecule has 1 fully saturated rings. The second kappa shape index (κ2) is 13.1. The van der Waals surface area contributed by atoms with Crippen molar-refractivity contribution in [3.05, 3.63) is 119 Å². The SMILES string of the molecule is CCCOc1ccc(C(O)=C2C(=O)C(=O)N(Cc3ccco3)C2c2ccc(OCc3ccccc3)c(OCC)c2)cc1. The number of likely N-dealkylation sites (tertiary alicyclic amines) is 1. The van der Waals surface area contributed by atoms with Gasteiger partial charge in [-0.25, -0.2) is 0 Å². The Morgan fingerprint density at radius 2 is 1.67 bits per heavy atom. The molecule has 0 aliphatic carbocycles.